The number of para-hydroxylation sites is 1. The quantitative estimate of drug-likeness (QED) is 0.761. The van der Waals surface area contributed by atoms with E-state index in [2.05, 4.69) is 23.2 Å². The van der Waals surface area contributed by atoms with Crippen LogP contribution in [0.5, 0.6) is 11.5 Å². The van der Waals surface area contributed by atoms with Crippen molar-refractivity contribution in [3.8, 4) is 11.5 Å². The largest absolute Gasteiger partial charge is 0.490 e. The van der Waals surface area contributed by atoms with Crippen molar-refractivity contribution in [1.82, 2.24) is 4.98 Å². The van der Waals surface area contributed by atoms with Crippen molar-refractivity contribution in [3.63, 3.8) is 0 Å². The van der Waals surface area contributed by atoms with Gasteiger partial charge in [-0.3, -0.25) is 0 Å². The maximum absolute atomic E-state index is 5.78. The predicted molar refractivity (Wildman–Crippen MR) is 78.1 cm³/mol. The molecular formula is C16H17NO2. The van der Waals surface area contributed by atoms with Gasteiger partial charge in [0.1, 0.15) is 0 Å². The summed E-state index contributed by atoms with van der Waals surface area (Å²) in [6, 6.07) is 12.3. The molecule has 3 nitrogen and oxygen atoms in total. The molecule has 0 amide bonds. The number of fused-ring (bicyclic) bond motifs is 3. The Morgan fingerprint density at radius 1 is 0.895 bits per heavy atom. The third-order valence-corrected chi connectivity index (χ3v) is 3.19. The monoisotopic (exact) mass is 255 g/mol. The van der Waals surface area contributed by atoms with Crippen molar-refractivity contribution < 1.29 is 9.47 Å². The number of hydrogen-bond acceptors (Lipinski definition) is 2. The number of ether oxygens (including phenoxy) is 2. The van der Waals surface area contributed by atoms with Crippen molar-refractivity contribution in [1.29, 1.82) is 0 Å². The molecule has 0 spiro atoms. The summed E-state index contributed by atoms with van der Waals surface area (Å²) in [4.78, 5) is 3.43. The molecule has 1 heterocycles. The Labute approximate surface area is 112 Å². The van der Waals surface area contributed by atoms with Gasteiger partial charge in [0.15, 0.2) is 11.5 Å². The van der Waals surface area contributed by atoms with Gasteiger partial charge < -0.3 is 14.5 Å². The highest BCUT2D eigenvalue weighted by Gasteiger charge is 2.13. The summed E-state index contributed by atoms with van der Waals surface area (Å²) in [5.74, 6) is 1.60. The van der Waals surface area contributed by atoms with E-state index in [0.29, 0.717) is 13.2 Å². The van der Waals surface area contributed by atoms with Crippen LogP contribution in [0.1, 0.15) is 13.8 Å². The summed E-state index contributed by atoms with van der Waals surface area (Å²) in [6.07, 6.45) is 0. The molecule has 19 heavy (non-hydrogen) atoms. The zero-order valence-electron chi connectivity index (χ0n) is 11.2. The van der Waals surface area contributed by atoms with E-state index in [1.54, 1.807) is 0 Å². The van der Waals surface area contributed by atoms with Gasteiger partial charge in [0.25, 0.3) is 0 Å². The number of hydrogen-bond donors (Lipinski definition) is 1. The van der Waals surface area contributed by atoms with Gasteiger partial charge in [-0.1, -0.05) is 18.2 Å². The Balaban J connectivity index is 2.31. The standard InChI is InChI=1S/C16H17NO2/c1-3-18-14-10-9-12-11-7-5-6-8-13(11)17-15(12)16(14)19-4-2/h5-10,17H,3-4H2,1-2H3. The van der Waals surface area contributed by atoms with Gasteiger partial charge in [-0.2, -0.15) is 0 Å². The fraction of sp³-hybridized carbons (Fsp3) is 0.250. The number of nitrogens with one attached hydrogen (secondary N) is 1. The second-order valence-electron chi connectivity index (χ2n) is 4.35. The molecule has 0 aliphatic heterocycles. The molecule has 1 aromatic heterocycles. The first-order chi connectivity index (χ1) is 9.35. The van der Waals surface area contributed by atoms with Crippen LogP contribution in [0.4, 0.5) is 0 Å². The molecule has 2 aromatic carbocycles. The van der Waals surface area contributed by atoms with Gasteiger partial charge in [-0.25, -0.2) is 0 Å². The minimum Gasteiger partial charge on any atom is -0.490 e. The summed E-state index contributed by atoms with van der Waals surface area (Å²) in [7, 11) is 0. The fourth-order valence-corrected chi connectivity index (χ4v) is 2.43. The normalized spacial score (nSPS) is 11.1. The number of aromatic amines is 1. The van der Waals surface area contributed by atoms with Crippen LogP contribution < -0.4 is 9.47 Å². The third kappa shape index (κ3) is 1.91. The van der Waals surface area contributed by atoms with Crippen LogP contribution in [0.15, 0.2) is 36.4 Å². The van der Waals surface area contributed by atoms with Crippen molar-refractivity contribution in [3.05, 3.63) is 36.4 Å². The molecule has 3 aromatic rings. The Kier molecular flexibility index (Phi) is 3.03. The molecule has 0 saturated heterocycles. The van der Waals surface area contributed by atoms with Gasteiger partial charge >= 0.3 is 0 Å². The highest BCUT2D eigenvalue weighted by Crippen LogP contribution is 2.38. The Hall–Kier alpha value is -2.16. The van der Waals surface area contributed by atoms with E-state index in [9.17, 15) is 0 Å². The lowest BCUT2D eigenvalue weighted by molar-refractivity contribution is 0.290. The molecule has 3 rings (SSSR count). The highest BCUT2D eigenvalue weighted by molar-refractivity contribution is 6.09. The first-order valence-electron chi connectivity index (χ1n) is 6.64. The van der Waals surface area contributed by atoms with E-state index in [1.165, 1.54) is 10.8 Å². The Morgan fingerprint density at radius 3 is 2.47 bits per heavy atom. The SMILES string of the molecule is CCOc1ccc2c([nH]c3ccccc32)c1OCC. The smallest absolute Gasteiger partial charge is 0.185 e. The molecule has 0 aliphatic carbocycles. The molecule has 0 radical (unpaired) electrons. The molecule has 1 N–H and O–H groups in total. The van der Waals surface area contributed by atoms with E-state index in [1.807, 2.05) is 32.0 Å². The van der Waals surface area contributed by atoms with E-state index >= 15 is 0 Å². The first-order valence-corrected chi connectivity index (χ1v) is 6.64. The second-order valence-corrected chi connectivity index (χ2v) is 4.35. The zero-order chi connectivity index (χ0) is 13.2. The van der Waals surface area contributed by atoms with Gasteiger partial charge in [0.05, 0.1) is 18.7 Å². The summed E-state index contributed by atoms with van der Waals surface area (Å²) in [5.41, 5.74) is 2.13. The van der Waals surface area contributed by atoms with Gasteiger partial charge in [0, 0.05) is 16.3 Å². The van der Waals surface area contributed by atoms with Gasteiger partial charge in [-0.05, 0) is 32.0 Å². The molecule has 98 valence electrons. The van der Waals surface area contributed by atoms with Gasteiger partial charge in [-0.15, -0.1) is 0 Å². The van der Waals surface area contributed by atoms with E-state index in [-0.39, 0.29) is 0 Å². The van der Waals surface area contributed by atoms with E-state index < -0.39 is 0 Å². The minimum atomic E-state index is 0.620. The zero-order valence-corrected chi connectivity index (χ0v) is 11.2. The van der Waals surface area contributed by atoms with E-state index in [0.717, 1.165) is 22.5 Å². The lowest BCUT2D eigenvalue weighted by Crippen LogP contribution is -1.98. The lowest BCUT2D eigenvalue weighted by atomic mass is 10.1. The molecule has 0 unspecified atom stereocenters. The molecule has 0 saturated carbocycles. The number of aromatic nitrogens is 1. The second kappa shape index (κ2) is 4.84. The molecular weight excluding hydrogens is 238 g/mol. The number of H-pyrrole nitrogens is 1. The molecule has 0 fully saturated rings. The number of benzene rings is 2. The summed E-state index contributed by atoms with van der Waals surface area (Å²) < 4.78 is 11.4. The van der Waals surface area contributed by atoms with Crippen LogP contribution in [-0.4, -0.2) is 18.2 Å². The highest BCUT2D eigenvalue weighted by atomic mass is 16.5. The topological polar surface area (TPSA) is 34.2 Å². The minimum absolute atomic E-state index is 0.620. The average molecular weight is 255 g/mol. The first kappa shape index (κ1) is 11.9. The number of rotatable bonds is 4. The van der Waals surface area contributed by atoms with Crippen molar-refractivity contribution in [2.75, 3.05) is 13.2 Å². The molecule has 0 aliphatic rings. The maximum atomic E-state index is 5.78. The van der Waals surface area contributed by atoms with Crippen LogP contribution in [0.2, 0.25) is 0 Å². The molecule has 0 bridgehead atoms. The van der Waals surface area contributed by atoms with Crippen LogP contribution in [0, 0.1) is 0 Å². The van der Waals surface area contributed by atoms with Crippen molar-refractivity contribution in [2.24, 2.45) is 0 Å². The fourth-order valence-electron chi connectivity index (χ4n) is 2.43. The summed E-state index contributed by atoms with van der Waals surface area (Å²) >= 11 is 0. The lowest BCUT2D eigenvalue weighted by Gasteiger charge is -2.11. The van der Waals surface area contributed by atoms with Crippen molar-refractivity contribution in [2.45, 2.75) is 13.8 Å². The molecule has 0 atom stereocenters. The maximum Gasteiger partial charge on any atom is 0.185 e. The Bertz CT molecular complexity index is 715. The van der Waals surface area contributed by atoms with E-state index in [4.69, 9.17) is 9.47 Å². The molecule has 3 heteroatoms. The average Bonchev–Trinajstić information content (AvgIpc) is 2.81. The van der Waals surface area contributed by atoms with Crippen LogP contribution in [0.25, 0.3) is 21.8 Å². The van der Waals surface area contributed by atoms with Crippen molar-refractivity contribution >= 4 is 21.8 Å². The van der Waals surface area contributed by atoms with Crippen LogP contribution >= 0.6 is 0 Å². The predicted octanol–water partition coefficient (Wildman–Crippen LogP) is 4.12. The third-order valence-electron chi connectivity index (χ3n) is 3.19. The van der Waals surface area contributed by atoms with Crippen LogP contribution in [-0.2, 0) is 0 Å². The summed E-state index contributed by atoms with van der Waals surface area (Å²) in [5, 5.41) is 2.38. The van der Waals surface area contributed by atoms with Gasteiger partial charge in [0.2, 0.25) is 0 Å². The van der Waals surface area contributed by atoms with Crippen LogP contribution in [0.3, 0.4) is 0 Å². The Morgan fingerprint density at radius 2 is 1.68 bits per heavy atom. The summed E-state index contributed by atoms with van der Waals surface area (Å²) in [6.45, 7) is 5.21.